The highest BCUT2D eigenvalue weighted by Crippen LogP contribution is 2.22. The Morgan fingerprint density at radius 1 is 1.09 bits per heavy atom. The van der Waals surface area contributed by atoms with Gasteiger partial charge in [-0.2, -0.15) is 5.10 Å². The largest absolute Gasteiger partial charge is 0.341 e. The summed E-state index contributed by atoms with van der Waals surface area (Å²) in [6.45, 7) is 4.26. The van der Waals surface area contributed by atoms with Gasteiger partial charge in [0.1, 0.15) is 5.69 Å². The van der Waals surface area contributed by atoms with E-state index in [1.54, 1.807) is 35.1 Å². The molecule has 7 heteroatoms. The average molecular weight is 432 g/mol. The van der Waals surface area contributed by atoms with Crippen molar-refractivity contribution in [3.05, 3.63) is 72.3 Å². The van der Waals surface area contributed by atoms with Gasteiger partial charge in [-0.25, -0.2) is 0 Å². The van der Waals surface area contributed by atoms with Gasteiger partial charge in [0, 0.05) is 51.8 Å². The molecule has 32 heavy (non-hydrogen) atoms. The molecule has 166 valence electrons. The molecule has 1 unspecified atom stereocenters. The monoisotopic (exact) mass is 431 g/mol. The van der Waals surface area contributed by atoms with Crippen LogP contribution in [0.3, 0.4) is 0 Å². The third-order valence-corrected chi connectivity index (χ3v) is 5.89. The van der Waals surface area contributed by atoms with Crippen LogP contribution in [0.15, 0.2) is 61.1 Å². The number of amides is 2. The summed E-state index contributed by atoms with van der Waals surface area (Å²) in [4.78, 5) is 34.2. The number of hydrogen-bond donors (Lipinski definition) is 0. The van der Waals surface area contributed by atoms with Crippen LogP contribution >= 0.6 is 0 Å². The molecule has 0 aliphatic carbocycles. The SMILES string of the molecule is CCCN1CCN(C(=O)c2ccn(C)n2)CC(Cc2ccc(-c3cccnc3)cc2)C1=O. The summed E-state index contributed by atoms with van der Waals surface area (Å²) in [5.41, 5.74) is 3.66. The highest BCUT2D eigenvalue weighted by atomic mass is 16.2. The molecule has 1 saturated heterocycles. The predicted octanol–water partition coefficient (Wildman–Crippen LogP) is 3.04. The Morgan fingerprint density at radius 3 is 2.56 bits per heavy atom. The maximum Gasteiger partial charge on any atom is 0.274 e. The lowest BCUT2D eigenvalue weighted by atomic mass is 9.96. The molecule has 0 bridgehead atoms. The zero-order valence-electron chi connectivity index (χ0n) is 18.6. The third kappa shape index (κ3) is 4.88. The van der Waals surface area contributed by atoms with E-state index in [2.05, 4.69) is 41.3 Å². The molecule has 3 aromatic rings. The summed E-state index contributed by atoms with van der Waals surface area (Å²) in [7, 11) is 1.80. The number of aromatic nitrogens is 3. The number of pyridine rings is 1. The molecule has 1 atom stereocenters. The summed E-state index contributed by atoms with van der Waals surface area (Å²) >= 11 is 0. The van der Waals surface area contributed by atoms with E-state index in [0.29, 0.717) is 38.3 Å². The first-order valence-corrected chi connectivity index (χ1v) is 11.1. The second kappa shape index (κ2) is 9.77. The highest BCUT2D eigenvalue weighted by Gasteiger charge is 2.32. The van der Waals surface area contributed by atoms with Crippen LogP contribution in [-0.4, -0.2) is 62.6 Å². The van der Waals surface area contributed by atoms with E-state index >= 15 is 0 Å². The molecule has 1 aromatic carbocycles. The molecular weight excluding hydrogens is 402 g/mol. The zero-order valence-corrected chi connectivity index (χ0v) is 18.6. The zero-order chi connectivity index (χ0) is 22.5. The molecule has 0 radical (unpaired) electrons. The van der Waals surface area contributed by atoms with Gasteiger partial charge < -0.3 is 9.80 Å². The number of aryl methyl sites for hydroxylation is 1. The van der Waals surface area contributed by atoms with Crippen LogP contribution in [0.1, 0.15) is 29.4 Å². The maximum atomic E-state index is 13.3. The van der Waals surface area contributed by atoms with Gasteiger partial charge in [-0.05, 0) is 41.7 Å². The van der Waals surface area contributed by atoms with E-state index in [4.69, 9.17) is 0 Å². The van der Waals surface area contributed by atoms with E-state index in [0.717, 1.165) is 23.1 Å². The van der Waals surface area contributed by atoms with Gasteiger partial charge in [0.25, 0.3) is 5.91 Å². The number of carbonyl (C=O) groups is 2. The molecule has 1 fully saturated rings. The Bertz CT molecular complexity index is 1060. The Labute approximate surface area is 188 Å². The van der Waals surface area contributed by atoms with Crippen molar-refractivity contribution in [3.8, 4) is 11.1 Å². The van der Waals surface area contributed by atoms with Crippen molar-refractivity contribution in [2.24, 2.45) is 13.0 Å². The summed E-state index contributed by atoms with van der Waals surface area (Å²) < 4.78 is 1.63. The molecule has 7 nitrogen and oxygen atoms in total. The molecule has 0 saturated carbocycles. The summed E-state index contributed by atoms with van der Waals surface area (Å²) in [5, 5.41) is 4.26. The van der Waals surface area contributed by atoms with Gasteiger partial charge in [0.05, 0.1) is 5.92 Å². The van der Waals surface area contributed by atoms with Crippen molar-refractivity contribution in [3.63, 3.8) is 0 Å². The molecule has 1 aliphatic heterocycles. The number of hydrogen-bond acceptors (Lipinski definition) is 4. The fourth-order valence-electron chi connectivity index (χ4n) is 4.22. The van der Waals surface area contributed by atoms with E-state index in [-0.39, 0.29) is 17.7 Å². The van der Waals surface area contributed by atoms with Gasteiger partial charge >= 0.3 is 0 Å². The third-order valence-electron chi connectivity index (χ3n) is 5.89. The van der Waals surface area contributed by atoms with E-state index in [1.165, 1.54) is 0 Å². The van der Waals surface area contributed by atoms with E-state index < -0.39 is 0 Å². The lowest BCUT2D eigenvalue weighted by Crippen LogP contribution is -2.38. The first-order valence-electron chi connectivity index (χ1n) is 11.1. The van der Waals surface area contributed by atoms with Crippen LogP contribution in [0.4, 0.5) is 0 Å². The Morgan fingerprint density at radius 2 is 1.91 bits per heavy atom. The summed E-state index contributed by atoms with van der Waals surface area (Å²) in [5.74, 6) is -0.269. The lowest BCUT2D eigenvalue weighted by Gasteiger charge is -2.23. The first kappa shape index (κ1) is 21.7. The van der Waals surface area contributed by atoms with Gasteiger partial charge in [0.2, 0.25) is 5.91 Å². The maximum absolute atomic E-state index is 13.3. The topological polar surface area (TPSA) is 71.3 Å². The molecule has 0 spiro atoms. The van der Waals surface area contributed by atoms with Crippen LogP contribution < -0.4 is 0 Å². The minimum atomic E-state index is -0.277. The molecule has 2 amide bonds. The number of rotatable bonds is 6. The van der Waals surface area contributed by atoms with Crippen LogP contribution in [0.25, 0.3) is 11.1 Å². The molecule has 3 heterocycles. The first-order chi connectivity index (χ1) is 15.5. The molecule has 4 rings (SSSR count). The average Bonchev–Trinajstić information content (AvgIpc) is 3.20. The standard InChI is InChI=1S/C25H29N5O2/c1-3-12-29-14-15-30(25(32)23-10-13-28(2)27-23)18-22(24(29)31)16-19-6-8-20(9-7-19)21-5-4-11-26-17-21/h4-11,13,17,22H,3,12,14-16,18H2,1-2H3. The van der Waals surface area contributed by atoms with E-state index in [9.17, 15) is 9.59 Å². The molecule has 0 N–H and O–H groups in total. The Kier molecular flexibility index (Phi) is 6.63. The van der Waals surface area contributed by atoms with Gasteiger partial charge in [-0.1, -0.05) is 37.3 Å². The fraction of sp³-hybridized carbons (Fsp3) is 0.360. The quantitative estimate of drug-likeness (QED) is 0.602. The van der Waals surface area contributed by atoms with Crippen LogP contribution in [0.5, 0.6) is 0 Å². The molecule has 1 aliphatic rings. The van der Waals surface area contributed by atoms with Crippen molar-refractivity contribution in [1.82, 2.24) is 24.6 Å². The second-order valence-corrected chi connectivity index (χ2v) is 8.29. The van der Waals surface area contributed by atoms with Crippen molar-refractivity contribution >= 4 is 11.8 Å². The van der Waals surface area contributed by atoms with Gasteiger partial charge in [-0.3, -0.25) is 19.3 Å². The minimum Gasteiger partial charge on any atom is -0.341 e. The Balaban J connectivity index is 1.53. The summed E-state index contributed by atoms with van der Waals surface area (Å²) in [6.07, 6.45) is 6.86. The van der Waals surface area contributed by atoms with Crippen molar-refractivity contribution in [2.75, 3.05) is 26.2 Å². The summed E-state index contributed by atoms with van der Waals surface area (Å²) in [6, 6.07) is 13.9. The number of benzene rings is 1. The van der Waals surface area contributed by atoms with Crippen LogP contribution in [0, 0.1) is 5.92 Å². The van der Waals surface area contributed by atoms with Crippen LogP contribution in [-0.2, 0) is 18.3 Å². The molecular formula is C25H29N5O2. The van der Waals surface area contributed by atoms with E-state index in [1.807, 2.05) is 23.2 Å². The molecule has 2 aromatic heterocycles. The number of nitrogens with zero attached hydrogens (tertiary/aromatic N) is 5. The second-order valence-electron chi connectivity index (χ2n) is 8.29. The normalized spacial score (nSPS) is 16.8. The minimum absolute atomic E-state index is 0.117. The predicted molar refractivity (Wildman–Crippen MR) is 123 cm³/mol. The van der Waals surface area contributed by atoms with Crippen molar-refractivity contribution in [1.29, 1.82) is 0 Å². The fourth-order valence-corrected chi connectivity index (χ4v) is 4.22. The highest BCUT2D eigenvalue weighted by molar-refractivity contribution is 5.93. The smallest absolute Gasteiger partial charge is 0.274 e. The van der Waals surface area contributed by atoms with Gasteiger partial charge in [0.15, 0.2) is 0 Å². The van der Waals surface area contributed by atoms with Crippen molar-refractivity contribution in [2.45, 2.75) is 19.8 Å². The van der Waals surface area contributed by atoms with Crippen LogP contribution in [0.2, 0.25) is 0 Å². The number of carbonyl (C=O) groups excluding carboxylic acids is 2. The lowest BCUT2D eigenvalue weighted by molar-refractivity contribution is -0.134. The van der Waals surface area contributed by atoms with Gasteiger partial charge in [-0.15, -0.1) is 0 Å². The van der Waals surface area contributed by atoms with Crippen molar-refractivity contribution < 1.29 is 9.59 Å². The Hall–Kier alpha value is -3.48.